The van der Waals surface area contributed by atoms with Gasteiger partial charge in [0.15, 0.2) is 22.8 Å². The number of aromatic nitrogens is 6. The third kappa shape index (κ3) is 4.74. The van der Waals surface area contributed by atoms with E-state index in [9.17, 15) is 4.79 Å². The molecule has 2 aliphatic heterocycles. The number of imidazole rings is 1. The van der Waals surface area contributed by atoms with Crippen molar-refractivity contribution < 1.29 is 9.53 Å². The molecule has 198 valence electrons. The number of carbonyl (C=O) groups excluding carboxylic acids is 1. The van der Waals surface area contributed by atoms with Crippen molar-refractivity contribution in [2.75, 3.05) is 57.4 Å². The van der Waals surface area contributed by atoms with Gasteiger partial charge in [0.1, 0.15) is 0 Å². The molecule has 0 radical (unpaired) electrons. The molecule has 38 heavy (non-hydrogen) atoms. The van der Waals surface area contributed by atoms with Crippen LogP contribution in [-0.2, 0) is 4.74 Å². The van der Waals surface area contributed by atoms with Crippen molar-refractivity contribution >= 4 is 22.9 Å². The number of ether oxygens (including phenoxy) is 1. The average molecular weight is 516 g/mol. The summed E-state index contributed by atoms with van der Waals surface area (Å²) < 4.78 is 7.24. The van der Waals surface area contributed by atoms with Crippen LogP contribution in [0.4, 0.5) is 5.82 Å². The number of hydrogen-bond acceptors (Lipinski definition) is 8. The number of fused-ring (bicyclic) bond motifs is 1. The van der Waals surface area contributed by atoms with Gasteiger partial charge in [0.25, 0.3) is 11.9 Å². The number of aryl methyl sites for hydroxylation is 1. The molecule has 2 fully saturated rings. The number of piperazine rings is 1. The second-order valence-electron chi connectivity index (χ2n) is 10.2. The molecule has 2 saturated heterocycles. The van der Waals surface area contributed by atoms with Crippen LogP contribution in [0.3, 0.4) is 0 Å². The lowest BCUT2D eigenvalue weighted by Gasteiger charge is -2.36. The molecular weight excluding hydrogens is 482 g/mol. The van der Waals surface area contributed by atoms with Crippen LogP contribution < -0.4 is 4.90 Å². The van der Waals surface area contributed by atoms with E-state index >= 15 is 0 Å². The van der Waals surface area contributed by atoms with E-state index in [-0.39, 0.29) is 5.91 Å². The summed E-state index contributed by atoms with van der Waals surface area (Å²) in [4.78, 5) is 37.3. The molecule has 11 heteroatoms. The van der Waals surface area contributed by atoms with Crippen molar-refractivity contribution in [1.82, 2.24) is 39.5 Å². The summed E-state index contributed by atoms with van der Waals surface area (Å²) in [5, 5.41) is 4.76. The minimum Gasteiger partial charge on any atom is -0.378 e. The Morgan fingerprint density at radius 2 is 1.79 bits per heavy atom. The highest BCUT2D eigenvalue weighted by Crippen LogP contribution is 2.26. The number of hydrogen-bond donors (Lipinski definition) is 1. The van der Waals surface area contributed by atoms with Gasteiger partial charge in [-0.3, -0.25) is 9.69 Å². The zero-order valence-corrected chi connectivity index (χ0v) is 22.1. The molecule has 0 atom stereocenters. The second kappa shape index (κ2) is 10.1. The van der Waals surface area contributed by atoms with Crippen molar-refractivity contribution in [3.8, 4) is 17.2 Å². The number of rotatable bonds is 5. The lowest BCUT2D eigenvalue weighted by atomic mass is 10.1. The van der Waals surface area contributed by atoms with Crippen LogP contribution in [0, 0.1) is 6.92 Å². The smallest absolute Gasteiger partial charge is 0.289 e. The van der Waals surface area contributed by atoms with E-state index < -0.39 is 0 Å². The summed E-state index contributed by atoms with van der Waals surface area (Å²) in [5.74, 6) is 1.29. The molecule has 3 aromatic heterocycles. The van der Waals surface area contributed by atoms with Crippen molar-refractivity contribution in [2.24, 2.45) is 0 Å². The highest BCUT2D eigenvalue weighted by Gasteiger charge is 2.28. The third-order valence-corrected chi connectivity index (χ3v) is 7.27. The van der Waals surface area contributed by atoms with Gasteiger partial charge in [-0.2, -0.15) is 15.1 Å². The van der Waals surface area contributed by atoms with E-state index in [1.54, 1.807) is 4.68 Å². The molecule has 1 N–H and O–H groups in total. The van der Waals surface area contributed by atoms with Crippen LogP contribution in [0.2, 0.25) is 0 Å². The zero-order valence-electron chi connectivity index (χ0n) is 22.1. The summed E-state index contributed by atoms with van der Waals surface area (Å²) in [5.41, 5.74) is 4.15. The Labute approximate surface area is 221 Å². The fraction of sp³-hybridized carbons (Fsp3) is 0.444. The summed E-state index contributed by atoms with van der Waals surface area (Å²) in [6, 6.07) is 10.6. The first kappa shape index (κ1) is 24.5. The molecule has 5 heterocycles. The van der Waals surface area contributed by atoms with Crippen molar-refractivity contribution in [3.63, 3.8) is 0 Å². The van der Waals surface area contributed by atoms with Gasteiger partial charge in [-0.05, 0) is 32.9 Å². The number of morpholine rings is 1. The maximum Gasteiger partial charge on any atom is 0.289 e. The van der Waals surface area contributed by atoms with E-state index in [0.29, 0.717) is 74.2 Å². The van der Waals surface area contributed by atoms with Crippen LogP contribution in [0.15, 0.2) is 36.5 Å². The Morgan fingerprint density at radius 3 is 2.53 bits per heavy atom. The van der Waals surface area contributed by atoms with E-state index in [1.807, 2.05) is 29.3 Å². The number of benzene rings is 1. The molecule has 6 rings (SSSR count). The van der Waals surface area contributed by atoms with Gasteiger partial charge in [0, 0.05) is 57.1 Å². The number of H-pyrrole nitrogens is 1. The van der Waals surface area contributed by atoms with Gasteiger partial charge in [-0.1, -0.05) is 23.8 Å². The number of anilines is 1. The molecular formula is C27H33N9O2. The number of nitrogens with one attached hydrogen (secondary N) is 1. The average Bonchev–Trinajstić information content (AvgIpc) is 3.61. The molecule has 0 unspecified atom stereocenters. The molecule has 0 saturated carbocycles. The Bertz CT molecular complexity index is 1450. The molecule has 0 bridgehead atoms. The van der Waals surface area contributed by atoms with E-state index in [4.69, 9.17) is 24.8 Å². The Morgan fingerprint density at radius 1 is 1.00 bits per heavy atom. The summed E-state index contributed by atoms with van der Waals surface area (Å²) in [6.07, 6.45) is 1.86. The van der Waals surface area contributed by atoms with Gasteiger partial charge in [-0.25, -0.2) is 9.67 Å². The highest BCUT2D eigenvalue weighted by molar-refractivity contribution is 5.96. The van der Waals surface area contributed by atoms with Crippen LogP contribution in [-0.4, -0.2) is 104 Å². The quantitative estimate of drug-likeness (QED) is 0.432. The van der Waals surface area contributed by atoms with Crippen LogP contribution in [0.25, 0.3) is 28.4 Å². The first-order chi connectivity index (χ1) is 18.5. The predicted molar refractivity (Wildman–Crippen MR) is 145 cm³/mol. The van der Waals surface area contributed by atoms with E-state index in [2.05, 4.69) is 47.7 Å². The van der Waals surface area contributed by atoms with Gasteiger partial charge in [0.05, 0.1) is 18.9 Å². The van der Waals surface area contributed by atoms with Gasteiger partial charge in [0.2, 0.25) is 0 Å². The highest BCUT2D eigenvalue weighted by atomic mass is 16.5. The fourth-order valence-corrected chi connectivity index (χ4v) is 5.06. The monoisotopic (exact) mass is 515 g/mol. The normalized spacial score (nSPS) is 17.1. The van der Waals surface area contributed by atoms with Crippen LogP contribution in [0.1, 0.15) is 30.0 Å². The summed E-state index contributed by atoms with van der Waals surface area (Å²) >= 11 is 0. The third-order valence-electron chi connectivity index (χ3n) is 7.27. The fourth-order valence-electron chi connectivity index (χ4n) is 5.06. The number of aromatic amines is 1. The van der Waals surface area contributed by atoms with E-state index in [0.717, 1.165) is 24.3 Å². The van der Waals surface area contributed by atoms with Crippen molar-refractivity contribution in [1.29, 1.82) is 0 Å². The molecule has 1 amide bonds. The molecule has 0 aliphatic carbocycles. The number of carbonyl (C=O) groups is 1. The predicted octanol–water partition coefficient (Wildman–Crippen LogP) is 2.52. The summed E-state index contributed by atoms with van der Waals surface area (Å²) in [7, 11) is 0. The minimum atomic E-state index is -0.110. The molecule has 0 spiro atoms. The lowest BCUT2D eigenvalue weighted by Crippen LogP contribution is -2.50. The number of nitrogens with zero attached hydrogens (tertiary/aromatic N) is 8. The maximum atomic E-state index is 13.4. The SMILES string of the molecule is Cc1cccc(-c2ccn(-c3nc(N4CCOCC4)c4nc(C(=O)N5CCN(C(C)C)CC5)[nH]c4n3)n2)c1. The Balaban J connectivity index is 1.35. The van der Waals surface area contributed by atoms with Crippen LogP contribution in [0.5, 0.6) is 0 Å². The maximum absolute atomic E-state index is 13.4. The first-order valence-electron chi connectivity index (χ1n) is 13.2. The summed E-state index contributed by atoms with van der Waals surface area (Å²) in [6.45, 7) is 12.1. The van der Waals surface area contributed by atoms with Crippen molar-refractivity contribution in [3.05, 3.63) is 47.9 Å². The number of amides is 1. The van der Waals surface area contributed by atoms with Gasteiger partial charge >= 0.3 is 0 Å². The standard InChI is InChI=1S/C27H33N9O2/c1-18(2)33-9-11-35(12-10-33)26(37)24-28-22-23(29-24)30-27(31-25(22)34-13-15-38-16-14-34)36-8-7-21(32-36)20-6-4-5-19(3)17-20/h4-8,17-18H,9-16H2,1-3H3,(H,28,29,30,31). The lowest BCUT2D eigenvalue weighted by molar-refractivity contribution is 0.0585. The molecule has 11 nitrogen and oxygen atoms in total. The Hall–Kier alpha value is -3.83. The first-order valence-corrected chi connectivity index (χ1v) is 13.2. The molecule has 2 aliphatic rings. The van der Waals surface area contributed by atoms with Crippen LogP contribution >= 0.6 is 0 Å². The van der Waals surface area contributed by atoms with Gasteiger partial charge < -0.3 is 19.5 Å². The second-order valence-corrected chi connectivity index (χ2v) is 10.2. The van der Waals surface area contributed by atoms with E-state index in [1.165, 1.54) is 5.56 Å². The topological polar surface area (TPSA) is 108 Å². The zero-order chi connectivity index (χ0) is 26.2. The molecule has 1 aromatic carbocycles. The minimum absolute atomic E-state index is 0.110. The molecule has 4 aromatic rings. The van der Waals surface area contributed by atoms with Crippen molar-refractivity contribution in [2.45, 2.75) is 26.8 Å². The largest absolute Gasteiger partial charge is 0.378 e. The van der Waals surface area contributed by atoms with Gasteiger partial charge in [-0.15, -0.1) is 0 Å². The Kier molecular flexibility index (Phi) is 6.54.